The Morgan fingerprint density at radius 1 is 1.41 bits per heavy atom. The van der Waals surface area contributed by atoms with E-state index in [9.17, 15) is 0 Å². The third-order valence-corrected chi connectivity index (χ3v) is 4.13. The van der Waals surface area contributed by atoms with E-state index in [0.717, 1.165) is 5.92 Å². The van der Waals surface area contributed by atoms with Gasteiger partial charge in [-0.2, -0.15) is 0 Å². The van der Waals surface area contributed by atoms with Crippen molar-refractivity contribution in [2.45, 2.75) is 64.5 Å². The Morgan fingerprint density at radius 2 is 2.12 bits per heavy atom. The van der Waals surface area contributed by atoms with E-state index >= 15 is 0 Å². The number of imidazole rings is 1. The summed E-state index contributed by atoms with van der Waals surface area (Å²) in [5.74, 6) is 0.820. The van der Waals surface area contributed by atoms with E-state index in [0.29, 0.717) is 6.04 Å². The van der Waals surface area contributed by atoms with Crippen LogP contribution in [0.4, 0.5) is 0 Å². The summed E-state index contributed by atoms with van der Waals surface area (Å²) in [5.41, 5.74) is 7.20. The maximum Gasteiger partial charge on any atom is 0.0951 e. The van der Waals surface area contributed by atoms with Gasteiger partial charge in [0.15, 0.2) is 0 Å². The average molecular weight is 235 g/mol. The summed E-state index contributed by atoms with van der Waals surface area (Å²) >= 11 is 0. The van der Waals surface area contributed by atoms with Crippen LogP contribution in [0.3, 0.4) is 0 Å². The summed E-state index contributed by atoms with van der Waals surface area (Å²) < 4.78 is 2.33. The molecule has 2 rings (SSSR count). The smallest absolute Gasteiger partial charge is 0.0951 e. The first kappa shape index (κ1) is 12.6. The molecule has 0 aromatic carbocycles. The molecule has 2 unspecified atom stereocenters. The van der Waals surface area contributed by atoms with Gasteiger partial charge in [-0.05, 0) is 32.1 Å². The van der Waals surface area contributed by atoms with Gasteiger partial charge in [-0.1, -0.05) is 26.2 Å². The minimum atomic E-state index is 0.0788. The molecule has 2 atom stereocenters. The second kappa shape index (κ2) is 5.67. The summed E-state index contributed by atoms with van der Waals surface area (Å²) in [4.78, 5) is 4.29. The molecule has 1 aliphatic carbocycles. The van der Waals surface area contributed by atoms with E-state index < -0.39 is 0 Å². The van der Waals surface area contributed by atoms with E-state index in [1.807, 2.05) is 19.4 Å². The van der Waals surface area contributed by atoms with Crippen molar-refractivity contribution < 1.29 is 0 Å². The summed E-state index contributed by atoms with van der Waals surface area (Å²) in [7, 11) is 0. The molecule has 96 valence electrons. The first-order chi connectivity index (χ1) is 8.24. The van der Waals surface area contributed by atoms with Gasteiger partial charge in [0.1, 0.15) is 0 Å². The van der Waals surface area contributed by atoms with Crippen molar-refractivity contribution in [3.05, 3.63) is 18.2 Å². The highest BCUT2D eigenvalue weighted by Gasteiger charge is 2.25. The molecule has 17 heavy (non-hydrogen) atoms. The lowest BCUT2D eigenvalue weighted by Crippen LogP contribution is -2.24. The molecule has 0 amide bonds. The van der Waals surface area contributed by atoms with Gasteiger partial charge < -0.3 is 10.3 Å². The molecule has 3 heteroatoms. The highest BCUT2D eigenvalue weighted by Crippen LogP contribution is 2.35. The Bertz CT molecular complexity index is 337. The number of hydrogen-bond donors (Lipinski definition) is 1. The van der Waals surface area contributed by atoms with Gasteiger partial charge in [0.25, 0.3) is 0 Å². The highest BCUT2D eigenvalue weighted by atomic mass is 15.1. The van der Waals surface area contributed by atoms with Crippen LogP contribution >= 0.6 is 0 Å². The molecular formula is C14H25N3. The van der Waals surface area contributed by atoms with Gasteiger partial charge >= 0.3 is 0 Å². The van der Waals surface area contributed by atoms with Crippen molar-refractivity contribution in [2.24, 2.45) is 11.7 Å². The molecule has 3 nitrogen and oxygen atoms in total. The van der Waals surface area contributed by atoms with Crippen molar-refractivity contribution in [3.63, 3.8) is 0 Å². The van der Waals surface area contributed by atoms with Crippen LogP contribution < -0.4 is 5.73 Å². The molecule has 1 saturated carbocycles. The first-order valence-corrected chi connectivity index (χ1v) is 7.01. The summed E-state index contributed by atoms with van der Waals surface area (Å²) in [6, 6.07) is 0.675. The predicted molar refractivity (Wildman–Crippen MR) is 70.7 cm³/mol. The lowest BCUT2D eigenvalue weighted by atomic mass is 9.82. The molecule has 1 aromatic rings. The van der Waals surface area contributed by atoms with E-state index in [1.165, 1.54) is 44.2 Å². The number of hydrogen-bond acceptors (Lipinski definition) is 2. The number of nitrogens with zero attached hydrogens (tertiary/aromatic N) is 2. The third kappa shape index (κ3) is 2.71. The summed E-state index contributed by atoms with van der Waals surface area (Å²) in [5, 5.41) is 0. The molecular weight excluding hydrogens is 210 g/mol. The second-order valence-electron chi connectivity index (χ2n) is 5.39. The molecule has 1 aromatic heterocycles. The van der Waals surface area contributed by atoms with Gasteiger partial charge in [0, 0.05) is 18.3 Å². The summed E-state index contributed by atoms with van der Waals surface area (Å²) in [6.45, 7) is 4.32. The van der Waals surface area contributed by atoms with Crippen LogP contribution in [-0.2, 0) is 0 Å². The molecule has 1 aliphatic rings. The van der Waals surface area contributed by atoms with Gasteiger partial charge in [0.05, 0.1) is 12.0 Å². The Hall–Kier alpha value is -0.830. The molecule has 0 bridgehead atoms. The fourth-order valence-electron chi connectivity index (χ4n) is 3.22. The van der Waals surface area contributed by atoms with Crippen LogP contribution in [0.15, 0.2) is 12.5 Å². The minimum absolute atomic E-state index is 0.0788. The van der Waals surface area contributed by atoms with E-state index in [-0.39, 0.29) is 6.04 Å². The van der Waals surface area contributed by atoms with Gasteiger partial charge in [-0.3, -0.25) is 0 Å². The van der Waals surface area contributed by atoms with Crippen molar-refractivity contribution in [3.8, 4) is 0 Å². The van der Waals surface area contributed by atoms with Crippen molar-refractivity contribution in [1.82, 2.24) is 9.55 Å². The molecule has 0 saturated heterocycles. The van der Waals surface area contributed by atoms with E-state index in [2.05, 4.69) is 16.5 Å². The predicted octanol–water partition coefficient (Wildman–Crippen LogP) is 3.43. The molecule has 1 fully saturated rings. The monoisotopic (exact) mass is 235 g/mol. The lowest BCUT2D eigenvalue weighted by molar-refractivity contribution is 0.238. The maximum atomic E-state index is 6.02. The molecule has 0 radical (unpaired) electrons. The fourth-order valence-corrected chi connectivity index (χ4v) is 3.22. The van der Waals surface area contributed by atoms with Crippen molar-refractivity contribution >= 4 is 0 Å². The van der Waals surface area contributed by atoms with Crippen LogP contribution in [-0.4, -0.2) is 9.55 Å². The van der Waals surface area contributed by atoms with E-state index in [4.69, 9.17) is 5.73 Å². The zero-order valence-electron chi connectivity index (χ0n) is 11.1. The minimum Gasteiger partial charge on any atom is -0.330 e. The molecule has 1 heterocycles. The lowest BCUT2D eigenvalue weighted by Gasteiger charge is -2.32. The number of nitrogens with two attached hydrogens (primary N) is 1. The van der Waals surface area contributed by atoms with Crippen LogP contribution in [0.5, 0.6) is 0 Å². The summed E-state index contributed by atoms with van der Waals surface area (Å²) in [6.07, 6.45) is 12.0. The van der Waals surface area contributed by atoms with Crippen LogP contribution in [0.25, 0.3) is 0 Å². The Labute approximate surface area is 104 Å². The van der Waals surface area contributed by atoms with E-state index in [1.54, 1.807) is 0 Å². The van der Waals surface area contributed by atoms with Crippen LogP contribution in [0, 0.1) is 5.92 Å². The SMILES string of the molecule is CCC(C1CCCCC1)n1cncc1C(C)N. The van der Waals surface area contributed by atoms with Gasteiger partial charge in [0.2, 0.25) is 0 Å². The number of rotatable bonds is 4. The largest absolute Gasteiger partial charge is 0.330 e. The second-order valence-corrected chi connectivity index (χ2v) is 5.39. The quantitative estimate of drug-likeness (QED) is 0.868. The third-order valence-electron chi connectivity index (χ3n) is 4.13. The normalized spacial score (nSPS) is 21.4. The van der Waals surface area contributed by atoms with Crippen molar-refractivity contribution in [1.29, 1.82) is 0 Å². The molecule has 2 N–H and O–H groups in total. The van der Waals surface area contributed by atoms with Gasteiger partial charge in [-0.25, -0.2) is 4.98 Å². The Morgan fingerprint density at radius 3 is 2.71 bits per heavy atom. The highest BCUT2D eigenvalue weighted by molar-refractivity contribution is 5.05. The van der Waals surface area contributed by atoms with Crippen molar-refractivity contribution in [2.75, 3.05) is 0 Å². The topological polar surface area (TPSA) is 43.8 Å². The van der Waals surface area contributed by atoms with Crippen LogP contribution in [0.2, 0.25) is 0 Å². The van der Waals surface area contributed by atoms with Crippen LogP contribution in [0.1, 0.15) is 70.2 Å². The fraction of sp³-hybridized carbons (Fsp3) is 0.786. The zero-order valence-corrected chi connectivity index (χ0v) is 11.1. The Kier molecular flexibility index (Phi) is 4.21. The Balaban J connectivity index is 2.18. The van der Waals surface area contributed by atoms with Gasteiger partial charge in [-0.15, -0.1) is 0 Å². The first-order valence-electron chi connectivity index (χ1n) is 7.01. The molecule has 0 aliphatic heterocycles. The zero-order chi connectivity index (χ0) is 12.3. The standard InChI is InChI=1S/C14H25N3/c1-3-13(12-7-5-4-6-8-12)17-10-16-9-14(17)11(2)15/h9-13H,3-8,15H2,1-2H3. The number of aromatic nitrogens is 2. The molecule has 0 spiro atoms. The average Bonchev–Trinajstić information content (AvgIpc) is 2.81. The maximum absolute atomic E-state index is 6.02.